The zero-order valence-electron chi connectivity index (χ0n) is 11.5. The van der Waals surface area contributed by atoms with Crippen LogP contribution in [0.15, 0.2) is 10.2 Å². The van der Waals surface area contributed by atoms with Gasteiger partial charge < -0.3 is 4.57 Å². The fourth-order valence-corrected chi connectivity index (χ4v) is 3.71. The summed E-state index contributed by atoms with van der Waals surface area (Å²) >= 11 is 1.31. The number of likely N-dealkylation sites (N-methyl/N-ethyl adjacent to an activating group) is 1. The number of nitrogens with zero attached hydrogens (tertiary/aromatic N) is 2. The van der Waals surface area contributed by atoms with Crippen molar-refractivity contribution in [3.63, 3.8) is 0 Å². The Morgan fingerprint density at radius 3 is 2.67 bits per heavy atom. The average Bonchev–Trinajstić information content (AvgIpc) is 2.72. The summed E-state index contributed by atoms with van der Waals surface area (Å²) in [5.41, 5.74) is 1.10. The van der Waals surface area contributed by atoms with Gasteiger partial charge in [0.05, 0.1) is 0 Å². The third-order valence-corrected chi connectivity index (χ3v) is 4.97. The minimum atomic E-state index is 0.187. The summed E-state index contributed by atoms with van der Waals surface area (Å²) in [6.45, 7) is 7.21. The Bertz CT molecular complexity index is 418. The zero-order valence-corrected chi connectivity index (χ0v) is 12.3. The topological polar surface area (TPSA) is 25.2 Å². The molecular formula is C14H24N2OS. The van der Waals surface area contributed by atoms with E-state index in [4.69, 9.17) is 0 Å². The van der Waals surface area contributed by atoms with Crippen molar-refractivity contribution in [1.82, 2.24) is 9.47 Å². The van der Waals surface area contributed by atoms with Crippen LogP contribution in [0.4, 0.5) is 0 Å². The summed E-state index contributed by atoms with van der Waals surface area (Å²) in [7, 11) is 0. The summed E-state index contributed by atoms with van der Waals surface area (Å²) in [5, 5.41) is 1.96. The summed E-state index contributed by atoms with van der Waals surface area (Å²) in [6, 6.07) is 0.749. The molecule has 4 heteroatoms. The second-order valence-corrected chi connectivity index (χ2v) is 6.04. The average molecular weight is 268 g/mol. The highest BCUT2D eigenvalue weighted by Crippen LogP contribution is 2.22. The van der Waals surface area contributed by atoms with Crippen LogP contribution in [0.3, 0.4) is 0 Å². The molecule has 1 saturated carbocycles. The van der Waals surface area contributed by atoms with E-state index in [-0.39, 0.29) is 4.87 Å². The molecule has 0 amide bonds. The highest BCUT2D eigenvalue weighted by Gasteiger charge is 2.19. The van der Waals surface area contributed by atoms with E-state index in [9.17, 15) is 4.79 Å². The molecule has 2 rings (SSSR count). The Hall–Kier alpha value is -0.610. The van der Waals surface area contributed by atoms with Crippen LogP contribution >= 0.6 is 11.3 Å². The number of hydrogen-bond donors (Lipinski definition) is 0. The molecule has 1 fully saturated rings. The van der Waals surface area contributed by atoms with Crippen molar-refractivity contribution in [2.45, 2.75) is 58.5 Å². The third kappa shape index (κ3) is 3.23. The molecule has 0 spiro atoms. The quantitative estimate of drug-likeness (QED) is 0.820. The lowest BCUT2D eigenvalue weighted by Crippen LogP contribution is -2.39. The van der Waals surface area contributed by atoms with Crippen LogP contribution < -0.4 is 4.87 Å². The highest BCUT2D eigenvalue weighted by molar-refractivity contribution is 7.07. The minimum absolute atomic E-state index is 0.187. The van der Waals surface area contributed by atoms with Gasteiger partial charge in [0.2, 0.25) is 0 Å². The lowest BCUT2D eigenvalue weighted by molar-refractivity contribution is 0.157. The lowest BCUT2D eigenvalue weighted by Gasteiger charge is -2.33. The van der Waals surface area contributed by atoms with Gasteiger partial charge in [0.25, 0.3) is 0 Å². The molecule has 0 radical (unpaired) electrons. The van der Waals surface area contributed by atoms with Crippen LogP contribution in [-0.4, -0.2) is 28.6 Å². The van der Waals surface area contributed by atoms with E-state index in [0.29, 0.717) is 0 Å². The molecule has 0 N–H and O–H groups in total. The van der Waals surface area contributed by atoms with Gasteiger partial charge in [-0.1, -0.05) is 37.5 Å². The summed E-state index contributed by atoms with van der Waals surface area (Å²) in [6.07, 6.45) is 6.82. The van der Waals surface area contributed by atoms with Crippen LogP contribution in [0.25, 0.3) is 0 Å². The largest absolute Gasteiger partial charge is 0.307 e. The molecule has 1 aromatic rings. The van der Waals surface area contributed by atoms with Crippen molar-refractivity contribution in [2.24, 2.45) is 0 Å². The molecule has 0 atom stereocenters. The monoisotopic (exact) mass is 268 g/mol. The van der Waals surface area contributed by atoms with Crippen molar-refractivity contribution < 1.29 is 0 Å². The van der Waals surface area contributed by atoms with Gasteiger partial charge in [-0.2, -0.15) is 0 Å². The predicted octanol–water partition coefficient (Wildman–Crippen LogP) is 2.87. The maximum Gasteiger partial charge on any atom is 0.307 e. The van der Waals surface area contributed by atoms with Gasteiger partial charge in [-0.25, -0.2) is 0 Å². The van der Waals surface area contributed by atoms with E-state index in [1.54, 1.807) is 0 Å². The van der Waals surface area contributed by atoms with Crippen molar-refractivity contribution in [3.8, 4) is 0 Å². The SMILES string of the molecule is CCN(CCn1c(C)csc1=O)C1CCCCC1. The second kappa shape index (κ2) is 6.53. The summed E-state index contributed by atoms with van der Waals surface area (Å²) in [4.78, 5) is 14.4. The predicted molar refractivity (Wildman–Crippen MR) is 77.4 cm³/mol. The molecule has 1 aromatic heterocycles. The van der Waals surface area contributed by atoms with E-state index in [2.05, 4.69) is 11.8 Å². The van der Waals surface area contributed by atoms with Gasteiger partial charge in [0, 0.05) is 30.2 Å². The molecule has 1 aliphatic rings. The van der Waals surface area contributed by atoms with Gasteiger partial charge >= 0.3 is 4.87 Å². The van der Waals surface area contributed by atoms with E-state index in [1.807, 2.05) is 16.9 Å². The Labute approximate surface area is 113 Å². The Morgan fingerprint density at radius 2 is 2.11 bits per heavy atom. The smallest absolute Gasteiger partial charge is 0.302 e. The lowest BCUT2D eigenvalue weighted by atomic mass is 9.94. The van der Waals surface area contributed by atoms with Gasteiger partial charge in [-0.3, -0.25) is 9.69 Å². The standard InChI is InChI=1S/C14H24N2OS/c1-3-15(13-7-5-4-6-8-13)9-10-16-12(2)11-18-14(16)17/h11,13H,3-10H2,1-2H3. The molecule has 0 aliphatic heterocycles. The third-order valence-electron chi connectivity index (χ3n) is 4.08. The van der Waals surface area contributed by atoms with Crippen molar-refractivity contribution in [1.29, 1.82) is 0 Å². The Balaban J connectivity index is 1.92. The molecule has 1 aliphatic carbocycles. The number of thiazole rings is 1. The van der Waals surface area contributed by atoms with E-state index < -0.39 is 0 Å². The Kier molecular flexibility index (Phi) is 5.01. The molecule has 0 aromatic carbocycles. The second-order valence-electron chi connectivity index (χ2n) is 5.22. The summed E-state index contributed by atoms with van der Waals surface area (Å²) < 4.78 is 1.91. The van der Waals surface area contributed by atoms with E-state index in [0.717, 1.165) is 31.4 Å². The molecular weight excluding hydrogens is 244 g/mol. The number of aromatic nitrogens is 1. The van der Waals surface area contributed by atoms with Crippen molar-refractivity contribution in [3.05, 3.63) is 20.7 Å². The van der Waals surface area contributed by atoms with Gasteiger partial charge in [0.15, 0.2) is 0 Å². The van der Waals surface area contributed by atoms with Crippen LogP contribution in [0, 0.1) is 6.92 Å². The fourth-order valence-electron chi connectivity index (χ4n) is 2.95. The fraction of sp³-hybridized carbons (Fsp3) is 0.786. The first kappa shape index (κ1) is 13.8. The molecule has 0 unspecified atom stereocenters. The zero-order chi connectivity index (χ0) is 13.0. The maximum atomic E-state index is 11.7. The highest BCUT2D eigenvalue weighted by atomic mass is 32.1. The van der Waals surface area contributed by atoms with Gasteiger partial charge in [-0.05, 0) is 26.3 Å². The first-order valence-corrected chi connectivity index (χ1v) is 7.99. The first-order valence-electron chi connectivity index (χ1n) is 7.11. The van der Waals surface area contributed by atoms with Gasteiger partial charge in [-0.15, -0.1) is 0 Å². The number of hydrogen-bond acceptors (Lipinski definition) is 3. The van der Waals surface area contributed by atoms with Crippen molar-refractivity contribution >= 4 is 11.3 Å². The Morgan fingerprint density at radius 1 is 1.39 bits per heavy atom. The normalized spacial score (nSPS) is 17.5. The van der Waals surface area contributed by atoms with E-state index in [1.165, 1.54) is 43.4 Å². The molecule has 18 heavy (non-hydrogen) atoms. The number of rotatable bonds is 5. The summed E-state index contributed by atoms with van der Waals surface area (Å²) in [5.74, 6) is 0. The molecule has 0 saturated heterocycles. The number of aryl methyl sites for hydroxylation is 1. The maximum absolute atomic E-state index is 11.7. The first-order chi connectivity index (χ1) is 8.72. The molecule has 102 valence electrons. The van der Waals surface area contributed by atoms with Crippen molar-refractivity contribution in [2.75, 3.05) is 13.1 Å². The van der Waals surface area contributed by atoms with E-state index >= 15 is 0 Å². The van der Waals surface area contributed by atoms with Crippen LogP contribution in [0.5, 0.6) is 0 Å². The van der Waals surface area contributed by atoms with Crippen LogP contribution in [-0.2, 0) is 6.54 Å². The molecule has 3 nitrogen and oxygen atoms in total. The molecule has 1 heterocycles. The molecule has 0 bridgehead atoms. The van der Waals surface area contributed by atoms with Crippen LogP contribution in [0.1, 0.15) is 44.7 Å². The van der Waals surface area contributed by atoms with Crippen LogP contribution in [0.2, 0.25) is 0 Å². The minimum Gasteiger partial charge on any atom is -0.302 e. The van der Waals surface area contributed by atoms with Gasteiger partial charge in [0.1, 0.15) is 0 Å².